The molecule has 5 rings (SSSR count). The SMILES string of the molecule is CCc1cc(C(F)(F)F)n2nc(C3CCCN(C(=O)C4(c5ccccc5)CC4)C3)cc2n1. The number of aryl methyl sites for hydroxylation is 1. The first kappa shape index (κ1) is 21.0. The summed E-state index contributed by atoms with van der Waals surface area (Å²) >= 11 is 0. The van der Waals surface area contributed by atoms with Gasteiger partial charge in [0.05, 0.1) is 11.1 Å². The summed E-state index contributed by atoms with van der Waals surface area (Å²) in [6.07, 6.45) is -0.846. The van der Waals surface area contributed by atoms with E-state index in [9.17, 15) is 18.0 Å². The Morgan fingerprint density at radius 1 is 1.19 bits per heavy atom. The van der Waals surface area contributed by atoms with Gasteiger partial charge in [-0.2, -0.15) is 18.3 Å². The summed E-state index contributed by atoms with van der Waals surface area (Å²) in [7, 11) is 0. The molecule has 1 aromatic carbocycles. The van der Waals surface area contributed by atoms with Gasteiger partial charge in [0.1, 0.15) is 5.69 Å². The summed E-state index contributed by atoms with van der Waals surface area (Å²) in [5, 5.41) is 4.30. The summed E-state index contributed by atoms with van der Waals surface area (Å²) in [6, 6.07) is 12.6. The van der Waals surface area contributed by atoms with E-state index in [0.29, 0.717) is 30.9 Å². The number of piperidine rings is 1. The van der Waals surface area contributed by atoms with Gasteiger partial charge in [-0.05, 0) is 43.7 Å². The first-order valence-electron chi connectivity index (χ1n) is 11.1. The van der Waals surface area contributed by atoms with E-state index in [4.69, 9.17) is 0 Å². The number of benzene rings is 1. The fourth-order valence-electron chi connectivity index (χ4n) is 4.84. The minimum absolute atomic E-state index is 0.105. The zero-order valence-corrected chi connectivity index (χ0v) is 17.9. The number of nitrogens with zero attached hydrogens (tertiary/aromatic N) is 4. The topological polar surface area (TPSA) is 50.5 Å². The fraction of sp³-hybridized carbons (Fsp3) is 0.458. The van der Waals surface area contributed by atoms with E-state index in [1.807, 2.05) is 35.2 Å². The van der Waals surface area contributed by atoms with Crippen LogP contribution in [-0.4, -0.2) is 38.5 Å². The molecule has 1 unspecified atom stereocenters. The molecule has 1 amide bonds. The summed E-state index contributed by atoms with van der Waals surface area (Å²) in [5.74, 6) is 0.0201. The molecule has 2 aromatic heterocycles. The molecule has 1 saturated carbocycles. The highest BCUT2D eigenvalue weighted by atomic mass is 19.4. The number of carbonyl (C=O) groups excluding carboxylic acids is 1. The molecule has 0 N–H and O–H groups in total. The summed E-state index contributed by atoms with van der Waals surface area (Å²) in [5.41, 5.74) is 0.955. The van der Waals surface area contributed by atoms with Gasteiger partial charge in [-0.1, -0.05) is 37.3 Å². The van der Waals surface area contributed by atoms with Crippen LogP contribution in [0.2, 0.25) is 0 Å². The van der Waals surface area contributed by atoms with Crippen LogP contribution in [0.5, 0.6) is 0 Å². The Morgan fingerprint density at radius 3 is 2.59 bits per heavy atom. The van der Waals surface area contributed by atoms with E-state index in [2.05, 4.69) is 10.1 Å². The van der Waals surface area contributed by atoms with E-state index < -0.39 is 17.3 Å². The predicted octanol–water partition coefficient (Wildman–Crippen LogP) is 4.75. The van der Waals surface area contributed by atoms with Crippen LogP contribution in [0, 0.1) is 0 Å². The lowest BCUT2D eigenvalue weighted by Crippen LogP contribution is -2.44. The molecule has 2 aliphatic rings. The van der Waals surface area contributed by atoms with Gasteiger partial charge >= 0.3 is 6.18 Å². The predicted molar refractivity (Wildman–Crippen MR) is 113 cm³/mol. The lowest BCUT2D eigenvalue weighted by Gasteiger charge is -2.34. The minimum Gasteiger partial charge on any atom is -0.341 e. The summed E-state index contributed by atoms with van der Waals surface area (Å²) < 4.78 is 41.7. The molecule has 32 heavy (non-hydrogen) atoms. The van der Waals surface area contributed by atoms with Gasteiger partial charge in [0.2, 0.25) is 5.91 Å². The smallest absolute Gasteiger partial charge is 0.341 e. The Bertz CT molecular complexity index is 1150. The van der Waals surface area contributed by atoms with Gasteiger partial charge in [-0.25, -0.2) is 9.50 Å². The number of halogens is 3. The third-order valence-electron chi connectivity index (χ3n) is 6.76. The third-order valence-corrected chi connectivity index (χ3v) is 6.76. The second kappa shape index (κ2) is 7.60. The van der Waals surface area contributed by atoms with Crippen molar-refractivity contribution in [2.45, 2.75) is 56.5 Å². The maximum Gasteiger partial charge on any atom is 0.433 e. The molecule has 0 radical (unpaired) electrons. The number of carbonyl (C=O) groups is 1. The molecule has 1 atom stereocenters. The van der Waals surface area contributed by atoms with Crippen LogP contribution in [0.4, 0.5) is 13.2 Å². The molecule has 0 spiro atoms. The number of amides is 1. The highest BCUT2D eigenvalue weighted by molar-refractivity contribution is 5.91. The van der Waals surface area contributed by atoms with Gasteiger partial charge < -0.3 is 4.90 Å². The lowest BCUT2D eigenvalue weighted by molar-refractivity contribution is -0.142. The van der Waals surface area contributed by atoms with Crippen molar-refractivity contribution in [3.8, 4) is 0 Å². The maximum absolute atomic E-state index is 13.6. The largest absolute Gasteiger partial charge is 0.433 e. The molecular weight excluding hydrogens is 417 g/mol. The molecule has 8 heteroatoms. The Kier molecular flexibility index (Phi) is 4.98. The van der Waals surface area contributed by atoms with Gasteiger partial charge in [0, 0.05) is 30.8 Å². The molecule has 1 saturated heterocycles. The monoisotopic (exact) mass is 442 g/mol. The van der Waals surface area contributed by atoms with Crippen LogP contribution in [0.1, 0.15) is 61.2 Å². The van der Waals surface area contributed by atoms with Crippen LogP contribution in [-0.2, 0) is 22.8 Å². The number of alkyl halides is 3. The Labute approximate surface area is 184 Å². The van der Waals surface area contributed by atoms with Gasteiger partial charge in [-0.3, -0.25) is 4.79 Å². The Hall–Kier alpha value is -2.90. The number of aromatic nitrogens is 3. The van der Waals surface area contributed by atoms with Crippen LogP contribution >= 0.6 is 0 Å². The van der Waals surface area contributed by atoms with Gasteiger partial charge in [0.25, 0.3) is 0 Å². The van der Waals surface area contributed by atoms with Gasteiger partial charge in [0.15, 0.2) is 5.65 Å². The zero-order chi connectivity index (χ0) is 22.5. The second-order valence-corrected chi connectivity index (χ2v) is 8.86. The number of hydrogen-bond donors (Lipinski definition) is 0. The first-order valence-corrected chi connectivity index (χ1v) is 11.1. The van der Waals surface area contributed by atoms with Crippen molar-refractivity contribution >= 4 is 11.6 Å². The van der Waals surface area contributed by atoms with E-state index >= 15 is 0 Å². The van der Waals surface area contributed by atoms with Crippen LogP contribution in [0.25, 0.3) is 5.65 Å². The first-order chi connectivity index (χ1) is 15.3. The molecule has 5 nitrogen and oxygen atoms in total. The van der Waals surface area contributed by atoms with E-state index in [1.54, 1.807) is 13.0 Å². The minimum atomic E-state index is -4.52. The van der Waals surface area contributed by atoms with Crippen LogP contribution in [0.3, 0.4) is 0 Å². The highest BCUT2D eigenvalue weighted by Crippen LogP contribution is 2.50. The number of fused-ring (bicyclic) bond motifs is 1. The number of hydrogen-bond acceptors (Lipinski definition) is 3. The van der Waals surface area contributed by atoms with E-state index in [-0.39, 0.29) is 17.5 Å². The second-order valence-electron chi connectivity index (χ2n) is 8.86. The fourth-order valence-corrected chi connectivity index (χ4v) is 4.84. The van der Waals surface area contributed by atoms with Crippen LogP contribution in [0.15, 0.2) is 42.5 Å². The normalized spacial score (nSPS) is 20.5. The van der Waals surface area contributed by atoms with E-state index in [1.165, 1.54) is 0 Å². The molecule has 2 fully saturated rings. The standard InChI is InChI=1S/C24H25F3N4O/c1-2-18-13-20(24(25,26)27)31-21(28-18)14-19(29-31)16-7-6-12-30(15-16)22(32)23(10-11-23)17-8-4-3-5-9-17/h3-5,8-9,13-14,16H,2,6-7,10-12,15H2,1H3. The lowest BCUT2D eigenvalue weighted by atomic mass is 9.90. The average molecular weight is 442 g/mol. The zero-order valence-electron chi connectivity index (χ0n) is 17.9. The molecular formula is C24H25F3N4O. The molecule has 1 aliphatic heterocycles. The number of likely N-dealkylation sites (tertiary alicyclic amines) is 1. The quantitative estimate of drug-likeness (QED) is 0.586. The van der Waals surface area contributed by atoms with Crippen molar-refractivity contribution in [3.63, 3.8) is 0 Å². The molecule has 3 heterocycles. The van der Waals surface area contributed by atoms with Crippen molar-refractivity contribution in [2.75, 3.05) is 13.1 Å². The molecule has 168 valence electrons. The van der Waals surface area contributed by atoms with Crippen molar-refractivity contribution in [2.24, 2.45) is 0 Å². The van der Waals surface area contributed by atoms with Crippen molar-refractivity contribution in [1.29, 1.82) is 0 Å². The van der Waals surface area contributed by atoms with E-state index in [0.717, 1.165) is 41.8 Å². The summed E-state index contributed by atoms with van der Waals surface area (Å²) in [6.45, 7) is 2.92. The van der Waals surface area contributed by atoms with Crippen LogP contribution < -0.4 is 0 Å². The van der Waals surface area contributed by atoms with Gasteiger partial charge in [-0.15, -0.1) is 0 Å². The third kappa shape index (κ3) is 3.55. The van der Waals surface area contributed by atoms with Crippen molar-refractivity contribution < 1.29 is 18.0 Å². The molecule has 0 bridgehead atoms. The van der Waals surface area contributed by atoms with Crippen molar-refractivity contribution in [3.05, 3.63) is 65.1 Å². The Morgan fingerprint density at radius 2 is 1.94 bits per heavy atom. The summed E-state index contributed by atoms with van der Waals surface area (Å²) in [4.78, 5) is 19.7. The average Bonchev–Trinajstić information content (AvgIpc) is 3.50. The highest BCUT2D eigenvalue weighted by Gasteiger charge is 2.53. The van der Waals surface area contributed by atoms with Crippen molar-refractivity contribution in [1.82, 2.24) is 19.5 Å². The Balaban J connectivity index is 1.43. The molecule has 3 aromatic rings. The maximum atomic E-state index is 13.6. The number of rotatable bonds is 4. The molecule has 1 aliphatic carbocycles.